The fourth-order valence-electron chi connectivity index (χ4n) is 1.71. The Kier molecular flexibility index (Phi) is 3.32. The van der Waals surface area contributed by atoms with Gasteiger partial charge in [0.25, 0.3) is 0 Å². The second-order valence-electron chi connectivity index (χ2n) is 4.30. The van der Waals surface area contributed by atoms with Crippen molar-refractivity contribution in [1.82, 2.24) is 9.78 Å². The summed E-state index contributed by atoms with van der Waals surface area (Å²) in [4.78, 5) is 0. The Hall–Kier alpha value is -2.30. The highest BCUT2D eigenvalue weighted by Gasteiger charge is 2.08. The molecule has 94 valence electrons. The van der Waals surface area contributed by atoms with Crippen molar-refractivity contribution in [2.75, 3.05) is 0 Å². The number of nitrogens with two attached hydrogens (primary N) is 1. The van der Waals surface area contributed by atoms with Crippen molar-refractivity contribution in [1.29, 1.82) is 0 Å². The van der Waals surface area contributed by atoms with Gasteiger partial charge in [-0.15, -0.1) is 0 Å². The average molecular weight is 244 g/mol. The predicted octanol–water partition coefficient (Wildman–Crippen LogP) is 1.64. The van der Waals surface area contributed by atoms with Gasteiger partial charge in [-0.25, -0.2) is 0 Å². The largest absolute Gasteiger partial charge is 0.409 e. The van der Waals surface area contributed by atoms with E-state index in [2.05, 4.69) is 41.4 Å². The topological polar surface area (TPSA) is 76.4 Å². The Balaban J connectivity index is 2.24. The molecule has 1 aromatic heterocycles. The third-order valence-electron chi connectivity index (χ3n) is 2.80. The first-order chi connectivity index (χ1) is 8.60. The van der Waals surface area contributed by atoms with Gasteiger partial charge in [-0.3, -0.25) is 4.68 Å². The monoisotopic (exact) mass is 244 g/mol. The summed E-state index contributed by atoms with van der Waals surface area (Å²) in [7, 11) is 0. The van der Waals surface area contributed by atoms with Crippen molar-refractivity contribution in [2.24, 2.45) is 10.9 Å². The number of aryl methyl sites for hydroxylation is 2. The highest BCUT2D eigenvalue weighted by Crippen LogP contribution is 2.09. The Morgan fingerprint density at radius 2 is 2.00 bits per heavy atom. The van der Waals surface area contributed by atoms with E-state index < -0.39 is 0 Å². The number of hydrogen-bond donors (Lipinski definition) is 2. The van der Waals surface area contributed by atoms with Crippen LogP contribution >= 0.6 is 0 Å². The van der Waals surface area contributed by atoms with Crippen molar-refractivity contribution in [2.45, 2.75) is 20.4 Å². The van der Waals surface area contributed by atoms with Gasteiger partial charge in [0.05, 0.1) is 6.54 Å². The summed E-state index contributed by atoms with van der Waals surface area (Å²) < 4.78 is 1.83. The lowest BCUT2D eigenvalue weighted by molar-refractivity contribution is 0.318. The molecule has 3 N–H and O–H groups in total. The van der Waals surface area contributed by atoms with Crippen molar-refractivity contribution in [3.05, 3.63) is 52.8 Å². The first kappa shape index (κ1) is 12.2. The fourth-order valence-corrected chi connectivity index (χ4v) is 1.71. The zero-order valence-electron chi connectivity index (χ0n) is 10.5. The summed E-state index contributed by atoms with van der Waals surface area (Å²) in [6, 6.07) is 10.1. The molecule has 2 aromatic rings. The van der Waals surface area contributed by atoms with Crippen LogP contribution < -0.4 is 5.73 Å². The lowest BCUT2D eigenvalue weighted by Gasteiger charge is -2.04. The van der Waals surface area contributed by atoms with Gasteiger partial charge >= 0.3 is 0 Å². The van der Waals surface area contributed by atoms with E-state index in [4.69, 9.17) is 10.9 Å². The molecule has 0 amide bonds. The quantitative estimate of drug-likeness (QED) is 0.373. The number of rotatable bonds is 3. The van der Waals surface area contributed by atoms with E-state index in [0.29, 0.717) is 12.2 Å². The maximum Gasteiger partial charge on any atom is 0.190 e. The number of aromatic nitrogens is 2. The molecule has 0 aliphatic rings. The van der Waals surface area contributed by atoms with Crippen LogP contribution in [0.25, 0.3) is 0 Å². The molecule has 0 unspecified atom stereocenters. The summed E-state index contributed by atoms with van der Waals surface area (Å²) in [5.41, 5.74) is 9.37. The molecule has 0 saturated carbocycles. The van der Waals surface area contributed by atoms with Crippen LogP contribution in [0.2, 0.25) is 0 Å². The van der Waals surface area contributed by atoms with E-state index in [9.17, 15) is 0 Å². The number of hydrogen-bond acceptors (Lipinski definition) is 3. The molecule has 1 aromatic carbocycles. The second-order valence-corrected chi connectivity index (χ2v) is 4.30. The van der Waals surface area contributed by atoms with E-state index in [-0.39, 0.29) is 5.84 Å². The summed E-state index contributed by atoms with van der Waals surface area (Å²) in [6.45, 7) is 4.67. The number of oxime groups is 1. The van der Waals surface area contributed by atoms with Gasteiger partial charge in [0.15, 0.2) is 5.84 Å². The fraction of sp³-hybridized carbons (Fsp3) is 0.231. The van der Waals surface area contributed by atoms with Gasteiger partial charge in [0.1, 0.15) is 5.69 Å². The Labute approximate surface area is 106 Å². The van der Waals surface area contributed by atoms with E-state index >= 15 is 0 Å². The van der Waals surface area contributed by atoms with Crippen molar-refractivity contribution >= 4 is 5.84 Å². The predicted molar refractivity (Wildman–Crippen MR) is 69.8 cm³/mol. The molecule has 0 fully saturated rings. The van der Waals surface area contributed by atoms with Gasteiger partial charge in [-0.1, -0.05) is 35.0 Å². The van der Waals surface area contributed by atoms with Crippen molar-refractivity contribution in [3.63, 3.8) is 0 Å². The average Bonchev–Trinajstić information content (AvgIpc) is 2.73. The minimum Gasteiger partial charge on any atom is -0.409 e. The van der Waals surface area contributed by atoms with Crippen LogP contribution in [0.15, 0.2) is 35.5 Å². The van der Waals surface area contributed by atoms with Crippen molar-refractivity contribution < 1.29 is 5.21 Å². The van der Waals surface area contributed by atoms with Crippen LogP contribution in [0.5, 0.6) is 0 Å². The lowest BCUT2D eigenvalue weighted by Crippen LogP contribution is -2.14. The Morgan fingerprint density at radius 1 is 1.33 bits per heavy atom. The van der Waals surface area contributed by atoms with E-state index in [0.717, 1.165) is 11.3 Å². The van der Waals surface area contributed by atoms with Crippen LogP contribution in [0.3, 0.4) is 0 Å². The summed E-state index contributed by atoms with van der Waals surface area (Å²) in [5.74, 6) is 0.0285. The molecule has 0 bridgehead atoms. The molecular formula is C13H16N4O. The normalized spacial score (nSPS) is 11.8. The maximum atomic E-state index is 8.62. The molecule has 2 rings (SSSR count). The summed E-state index contributed by atoms with van der Waals surface area (Å²) in [6.07, 6.45) is 0. The third kappa shape index (κ3) is 2.51. The lowest BCUT2D eigenvalue weighted by atomic mass is 10.1. The molecule has 1 heterocycles. The number of amidine groups is 1. The van der Waals surface area contributed by atoms with E-state index in [1.165, 1.54) is 5.56 Å². The van der Waals surface area contributed by atoms with Gasteiger partial charge in [-0.05, 0) is 25.5 Å². The minimum atomic E-state index is 0.0285. The SMILES string of the molecule is Cc1ccc(Cn2nc(/C(N)=N/O)cc2C)cc1. The Bertz CT molecular complexity index is 569. The van der Waals surface area contributed by atoms with Crippen molar-refractivity contribution in [3.8, 4) is 0 Å². The van der Waals surface area contributed by atoms with Crippen LogP contribution in [0, 0.1) is 13.8 Å². The zero-order chi connectivity index (χ0) is 13.1. The van der Waals surface area contributed by atoms with Gasteiger partial charge < -0.3 is 10.9 Å². The smallest absolute Gasteiger partial charge is 0.190 e. The molecule has 0 spiro atoms. The van der Waals surface area contributed by atoms with Crippen LogP contribution in [-0.2, 0) is 6.54 Å². The second kappa shape index (κ2) is 4.91. The third-order valence-corrected chi connectivity index (χ3v) is 2.80. The van der Waals surface area contributed by atoms with Gasteiger partial charge in [-0.2, -0.15) is 5.10 Å². The number of nitrogens with zero attached hydrogens (tertiary/aromatic N) is 3. The van der Waals surface area contributed by atoms with E-state index in [1.807, 2.05) is 11.6 Å². The number of benzene rings is 1. The molecule has 0 saturated heterocycles. The maximum absolute atomic E-state index is 8.62. The standard InChI is InChI=1S/C13H16N4O/c1-9-3-5-11(6-4-9)8-17-10(2)7-12(15-17)13(14)16-18/h3-7,18H,8H2,1-2H3,(H2,14,16). The minimum absolute atomic E-state index is 0.0285. The zero-order valence-corrected chi connectivity index (χ0v) is 10.5. The molecule has 0 atom stereocenters. The first-order valence-corrected chi connectivity index (χ1v) is 5.68. The first-order valence-electron chi connectivity index (χ1n) is 5.68. The molecule has 18 heavy (non-hydrogen) atoms. The highest BCUT2D eigenvalue weighted by atomic mass is 16.4. The molecule has 0 aliphatic carbocycles. The van der Waals surface area contributed by atoms with Crippen LogP contribution in [0.1, 0.15) is 22.5 Å². The summed E-state index contributed by atoms with van der Waals surface area (Å²) >= 11 is 0. The molecule has 5 nitrogen and oxygen atoms in total. The van der Waals surface area contributed by atoms with Gasteiger partial charge in [0.2, 0.25) is 0 Å². The van der Waals surface area contributed by atoms with E-state index in [1.54, 1.807) is 6.07 Å². The molecular weight excluding hydrogens is 228 g/mol. The highest BCUT2D eigenvalue weighted by molar-refractivity contribution is 5.95. The Morgan fingerprint density at radius 3 is 2.61 bits per heavy atom. The molecule has 5 heteroatoms. The molecule has 0 aliphatic heterocycles. The van der Waals surface area contributed by atoms with Gasteiger partial charge in [0, 0.05) is 5.69 Å². The summed E-state index contributed by atoms with van der Waals surface area (Å²) in [5, 5.41) is 15.9. The van der Waals surface area contributed by atoms with Crippen LogP contribution in [-0.4, -0.2) is 20.8 Å². The molecule has 0 radical (unpaired) electrons. The van der Waals surface area contributed by atoms with Crippen LogP contribution in [0.4, 0.5) is 0 Å².